The van der Waals surface area contributed by atoms with Crippen LogP contribution in [0.5, 0.6) is 0 Å². The van der Waals surface area contributed by atoms with Gasteiger partial charge in [-0.2, -0.15) is 0 Å². The normalized spacial score (nSPS) is 27.5. The molecule has 0 unspecified atom stereocenters. The van der Waals surface area contributed by atoms with E-state index in [1.165, 1.54) is 12.8 Å². The second-order valence-electron chi connectivity index (χ2n) is 7.77. The molecule has 4 nitrogen and oxygen atoms in total. The minimum atomic E-state index is -0.423. The smallest absolute Gasteiger partial charge is 0.410 e. The highest BCUT2D eigenvalue weighted by molar-refractivity contribution is 5.68. The Morgan fingerprint density at radius 3 is 2.65 bits per heavy atom. The number of ether oxygens (including phenoxy) is 2. The van der Waals surface area contributed by atoms with Crippen molar-refractivity contribution in [3.05, 3.63) is 0 Å². The number of piperidine rings is 1. The molecule has 1 atom stereocenters. The molecule has 0 aromatic carbocycles. The van der Waals surface area contributed by atoms with Crippen LogP contribution in [-0.2, 0) is 9.47 Å². The van der Waals surface area contributed by atoms with Crippen LogP contribution >= 0.6 is 0 Å². The van der Waals surface area contributed by atoms with Gasteiger partial charge in [0, 0.05) is 25.1 Å². The van der Waals surface area contributed by atoms with E-state index in [1.807, 2.05) is 25.7 Å². The lowest BCUT2D eigenvalue weighted by molar-refractivity contribution is -0.0197. The zero-order chi connectivity index (χ0) is 14.8. The first-order chi connectivity index (χ1) is 9.27. The van der Waals surface area contributed by atoms with E-state index in [4.69, 9.17) is 9.47 Å². The summed E-state index contributed by atoms with van der Waals surface area (Å²) in [6.07, 6.45) is 4.60. The molecule has 1 saturated carbocycles. The third kappa shape index (κ3) is 4.97. The van der Waals surface area contributed by atoms with E-state index >= 15 is 0 Å². The van der Waals surface area contributed by atoms with Crippen LogP contribution in [0.2, 0.25) is 0 Å². The van der Waals surface area contributed by atoms with E-state index in [-0.39, 0.29) is 11.5 Å². The molecule has 0 N–H and O–H groups in total. The van der Waals surface area contributed by atoms with Gasteiger partial charge in [-0.25, -0.2) is 4.79 Å². The van der Waals surface area contributed by atoms with Crippen molar-refractivity contribution in [2.75, 3.05) is 26.3 Å². The van der Waals surface area contributed by atoms with E-state index in [2.05, 4.69) is 6.92 Å². The Hall–Kier alpha value is -0.770. The highest BCUT2D eigenvalue weighted by Crippen LogP contribution is 2.33. The van der Waals surface area contributed by atoms with Crippen LogP contribution in [0.1, 0.15) is 53.4 Å². The van der Waals surface area contributed by atoms with Crippen LogP contribution in [0.4, 0.5) is 4.79 Å². The number of hydrogen-bond acceptors (Lipinski definition) is 3. The fraction of sp³-hybridized carbons (Fsp3) is 0.938. The van der Waals surface area contributed by atoms with Crippen LogP contribution in [0, 0.1) is 11.3 Å². The van der Waals surface area contributed by atoms with Crippen molar-refractivity contribution >= 4 is 6.09 Å². The zero-order valence-electron chi connectivity index (χ0n) is 13.4. The molecule has 1 saturated heterocycles. The van der Waals surface area contributed by atoms with E-state index < -0.39 is 5.60 Å². The van der Waals surface area contributed by atoms with Crippen LogP contribution in [0.25, 0.3) is 0 Å². The maximum atomic E-state index is 12.2. The fourth-order valence-electron chi connectivity index (χ4n) is 2.67. The SMILES string of the molecule is CC(C)(C)OC(=O)N1CCC[C@](C)(COCC2CC2)C1. The summed E-state index contributed by atoms with van der Waals surface area (Å²) < 4.78 is 11.3. The summed E-state index contributed by atoms with van der Waals surface area (Å²) in [4.78, 5) is 14.0. The zero-order valence-corrected chi connectivity index (χ0v) is 13.4. The number of hydrogen-bond donors (Lipinski definition) is 0. The van der Waals surface area contributed by atoms with Gasteiger partial charge >= 0.3 is 6.09 Å². The Labute approximate surface area is 122 Å². The van der Waals surface area contributed by atoms with Gasteiger partial charge in [-0.05, 0) is 52.4 Å². The van der Waals surface area contributed by atoms with Crippen molar-refractivity contribution < 1.29 is 14.3 Å². The van der Waals surface area contributed by atoms with Crippen molar-refractivity contribution in [2.45, 2.75) is 59.0 Å². The Morgan fingerprint density at radius 1 is 1.35 bits per heavy atom. The van der Waals surface area contributed by atoms with E-state index in [0.717, 1.165) is 45.1 Å². The minimum absolute atomic E-state index is 0.0735. The highest BCUT2D eigenvalue weighted by atomic mass is 16.6. The predicted molar refractivity (Wildman–Crippen MR) is 78.7 cm³/mol. The van der Waals surface area contributed by atoms with Gasteiger partial charge in [0.2, 0.25) is 0 Å². The molecule has 2 aliphatic rings. The average Bonchev–Trinajstić information content (AvgIpc) is 3.10. The molecule has 1 aliphatic carbocycles. The predicted octanol–water partition coefficient (Wildman–Crippen LogP) is 3.45. The molecule has 0 bridgehead atoms. The molecule has 1 aliphatic heterocycles. The third-order valence-electron chi connectivity index (χ3n) is 3.93. The molecule has 1 heterocycles. The van der Waals surface area contributed by atoms with E-state index in [0.29, 0.717) is 0 Å². The first-order valence-corrected chi connectivity index (χ1v) is 7.83. The summed E-state index contributed by atoms with van der Waals surface area (Å²) in [6, 6.07) is 0. The topological polar surface area (TPSA) is 38.8 Å². The molecule has 1 amide bonds. The summed E-state index contributed by atoms with van der Waals surface area (Å²) in [5.74, 6) is 0.796. The quantitative estimate of drug-likeness (QED) is 0.793. The first-order valence-electron chi connectivity index (χ1n) is 7.83. The molecule has 0 radical (unpaired) electrons. The van der Waals surface area contributed by atoms with Crippen LogP contribution in [0.15, 0.2) is 0 Å². The molecule has 0 aromatic rings. The van der Waals surface area contributed by atoms with Gasteiger partial charge in [-0.1, -0.05) is 6.92 Å². The molecule has 20 heavy (non-hydrogen) atoms. The lowest BCUT2D eigenvalue weighted by atomic mass is 9.83. The lowest BCUT2D eigenvalue weighted by Gasteiger charge is -2.40. The first kappa shape index (κ1) is 15.6. The molecular formula is C16H29NO3. The molecule has 116 valence electrons. The van der Waals surface area contributed by atoms with Gasteiger partial charge in [-0.3, -0.25) is 0 Å². The Bertz CT molecular complexity index is 346. The number of likely N-dealkylation sites (tertiary alicyclic amines) is 1. The maximum absolute atomic E-state index is 12.2. The average molecular weight is 283 g/mol. The van der Waals surface area contributed by atoms with Crippen LogP contribution in [0.3, 0.4) is 0 Å². The largest absolute Gasteiger partial charge is 0.444 e. The lowest BCUT2D eigenvalue weighted by Crippen LogP contribution is -2.48. The summed E-state index contributed by atoms with van der Waals surface area (Å²) >= 11 is 0. The Balaban J connectivity index is 1.81. The summed E-state index contributed by atoms with van der Waals surface area (Å²) in [5.41, 5.74) is -0.350. The van der Waals surface area contributed by atoms with Crippen molar-refractivity contribution in [3.63, 3.8) is 0 Å². The van der Waals surface area contributed by atoms with Gasteiger partial charge in [-0.15, -0.1) is 0 Å². The number of amides is 1. The van der Waals surface area contributed by atoms with Gasteiger partial charge in [0.15, 0.2) is 0 Å². The standard InChI is InChI=1S/C16H29NO3/c1-15(2,3)20-14(18)17-9-5-8-16(4,11-17)12-19-10-13-6-7-13/h13H,5-12H2,1-4H3/t16-/m0/s1. The highest BCUT2D eigenvalue weighted by Gasteiger charge is 2.35. The van der Waals surface area contributed by atoms with Gasteiger partial charge in [0.25, 0.3) is 0 Å². The molecule has 2 rings (SSSR count). The van der Waals surface area contributed by atoms with Gasteiger partial charge in [0.1, 0.15) is 5.60 Å². The summed E-state index contributed by atoms with van der Waals surface area (Å²) in [7, 11) is 0. The molecule has 2 fully saturated rings. The second kappa shape index (κ2) is 5.92. The Kier molecular flexibility index (Phi) is 4.62. The van der Waals surface area contributed by atoms with E-state index in [1.54, 1.807) is 0 Å². The Morgan fingerprint density at radius 2 is 2.05 bits per heavy atom. The van der Waals surface area contributed by atoms with Crippen LogP contribution < -0.4 is 0 Å². The summed E-state index contributed by atoms with van der Waals surface area (Å²) in [5, 5.41) is 0. The van der Waals surface area contributed by atoms with E-state index in [9.17, 15) is 4.79 Å². The minimum Gasteiger partial charge on any atom is -0.444 e. The third-order valence-corrected chi connectivity index (χ3v) is 3.93. The fourth-order valence-corrected chi connectivity index (χ4v) is 2.67. The van der Waals surface area contributed by atoms with Crippen LogP contribution in [-0.4, -0.2) is 42.9 Å². The number of carbonyl (C=O) groups is 1. The maximum Gasteiger partial charge on any atom is 0.410 e. The van der Waals surface area contributed by atoms with Gasteiger partial charge in [0.05, 0.1) is 6.61 Å². The monoisotopic (exact) mass is 283 g/mol. The van der Waals surface area contributed by atoms with Gasteiger partial charge < -0.3 is 14.4 Å². The molecule has 0 aromatic heterocycles. The van der Waals surface area contributed by atoms with Crippen molar-refractivity contribution in [2.24, 2.45) is 11.3 Å². The van der Waals surface area contributed by atoms with Crippen molar-refractivity contribution in [3.8, 4) is 0 Å². The number of carbonyl (C=O) groups excluding carboxylic acids is 1. The summed E-state index contributed by atoms with van der Waals surface area (Å²) in [6.45, 7) is 11.1. The van der Waals surface area contributed by atoms with Crippen molar-refractivity contribution in [1.29, 1.82) is 0 Å². The number of nitrogens with zero attached hydrogens (tertiary/aromatic N) is 1. The second-order valence-corrected chi connectivity index (χ2v) is 7.77. The molecule has 4 heteroatoms. The molecule has 0 spiro atoms. The van der Waals surface area contributed by atoms with Crippen molar-refractivity contribution in [1.82, 2.24) is 4.90 Å². The number of rotatable bonds is 4. The molecular weight excluding hydrogens is 254 g/mol.